The van der Waals surface area contributed by atoms with Crippen LogP contribution in [0.15, 0.2) is 6.07 Å². The van der Waals surface area contributed by atoms with Crippen molar-refractivity contribution in [3.8, 4) is 0 Å². The van der Waals surface area contributed by atoms with Gasteiger partial charge in [-0.05, 0) is 13.8 Å². The Labute approximate surface area is 107 Å². The Morgan fingerprint density at radius 3 is 2.50 bits per heavy atom. The lowest BCUT2D eigenvalue weighted by molar-refractivity contribution is 0.0343. The molecule has 18 heavy (non-hydrogen) atoms. The molecule has 7 nitrogen and oxygen atoms in total. The minimum atomic E-state index is -0.275. The number of ether oxygens (including phenoxy) is 2. The van der Waals surface area contributed by atoms with Crippen LogP contribution in [0.5, 0.6) is 0 Å². The second-order valence-electron chi connectivity index (χ2n) is 4.45. The van der Waals surface area contributed by atoms with Crippen molar-refractivity contribution in [3.05, 3.63) is 11.9 Å². The molecule has 0 saturated carbocycles. The fourth-order valence-corrected chi connectivity index (χ4v) is 1.23. The number of aromatic nitrogens is 2. The zero-order valence-electron chi connectivity index (χ0n) is 11.3. The van der Waals surface area contributed by atoms with E-state index in [9.17, 15) is 0 Å². The third-order valence-electron chi connectivity index (χ3n) is 2.44. The van der Waals surface area contributed by atoms with Crippen molar-refractivity contribution in [1.82, 2.24) is 9.97 Å². The molecule has 0 atom stereocenters. The molecule has 102 valence electrons. The first-order valence-electron chi connectivity index (χ1n) is 5.63. The standard InChI is InChI=1S/C11H21N5O2/c1-11(2,18-4)7-13-8-5-9(16-12)15-10(14-8)6-17-3/h5H,6-7,12H2,1-4H3,(H2,13,14,15,16). The summed E-state index contributed by atoms with van der Waals surface area (Å²) in [5.41, 5.74) is 2.22. The molecule has 4 N–H and O–H groups in total. The number of rotatable bonds is 7. The summed E-state index contributed by atoms with van der Waals surface area (Å²) in [7, 11) is 3.26. The number of nitrogens with two attached hydrogens (primary N) is 1. The summed E-state index contributed by atoms with van der Waals surface area (Å²) in [4.78, 5) is 8.47. The molecule has 1 aromatic heterocycles. The van der Waals surface area contributed by atoms with E-state index < -0.39 is 0 Å². The predicted molar refractivity (Wildman–Crippen MR) is 70.1 cm³/mol. The maximum absolute atomic E-state index is 5.36. The van der Waals surface area contributed by atoms with Crippen molar-refractivity contribution in [1.29, 1.82) is 0 Å². The molecule has 0 fully saturated rings. The van der Waals surface area contributed by atoms with Gasteiger partial charge in [-0.15, -0.1) is 0 Å². The monoisotopic (exact) mass is 255 g/mol. The van der Waals surface area contributed by atoms with E-state index >= 15 is 0 Å². The smallest absolute Gasteiger partial charge is 0.158 e. The molecule has 0 radical (unpaired) electrons. The summed E-state index contributed by atoms with van der Waals surface area (Å²) in [6, 6.07) is 1.73. The number of hydrazine groups is 1. The predicted octanol–water partition coefficient (Wildman–Crippen LogP) is 0.745. The molecular formula is C11H21N5O2. The lowest BCUT2D eigenvalue weighted by Crippen LogP contribution is -2.32. The van der Waals surface area contributed by atoms with Gasteiger partial charge in [0.1, 0.15) is 18.2 Å². The SMILES string of the molecule is COCc1nc(NN)cc(NCC(C)(C)OC)n1. The highest BCUT2D eigenvalue weighted by Crippen LogP contribution is 2.13. The number of nitrogens with zero attached hydrogens (tertiary/aromatic N) is 2. The molecule has 0 saturated heterocycles. The van der Waals surface area contributed by atoms with Crippen LogP contribution < -0.4 is 16.6 Å². The number of hydrogen-bond donors (Lipinski definition) is 3. The van der Waals surface area contributed by atoms with Crippen LogP contribution in [0.25, 0.3) is 0 Å². The molecule has 0 unspecified atom stereocenters. The molecule has 0 aliphatic heterocycles. The molecule has 1 heterocycles. The summed E-state index contributed by atoms with van der Waals surface area (Å²) < 4.78 is 10.3. The summed E-state index contributed by atoms with van der Waals surface area (Å²) in [6.07, 6.45) is 0. The second kappa shape index (κ2) is 6.48. The summed E-state index contributed by atoms with van der Waals surface area (Å²) in [6.45, 7) is 4.92. The number of nitrogens with one attached hydrogen (secondary N) is 2. The van der Waals surface area contributed by atoms with E-state index in [-0.39, 0.29) is 5.60 Å². The average Bonchev–Trinajstić information content (AvgIpc) is 2.37. The van der Waals surface area contributed by atoms with Crippen molar-refractivity contribution in [2.75, 3.05) is 31.5 Å². The van der Waals surface area contributed by atoms with E-state index in [0.717, 1.165) is 0 Å². The Morgan fingerprint density at radius 1 is 1.28 bits per heavy atom. The highest BCUT2D eigenvalue weighted by molar-refractivity contribution is 5.47. The maximum atomic E-state index is 5.36. The summed E-state index contributed by atoms with van der Waals surface area (Å²) in [5.74, 6) is 7.13. The first-order chi connectivity index (χ1) is 8.50. The van der Waals surface area contributed by atoms with Crippen molar-refractivity contribution in [2.24, 2.45) is 5.84 Å². The van der Waals surface area contributed by atoms with Crippen LogP contribution in [0.1, 0.15) is 19.7 Å². The Morgan fingerprint density at radius 2 is 1.94 bits per heavy atom. The Hall–Kier alpha value is -1.44. The van der Waals surface area contributed by atoms with Crippen molar-refractivity contribution < 1.29 is 9.47 Å². The highest BCUT2D eigenvalue weighted by atomic mass is 16.5. The van der Waals surface area contributed by atoms with E-state index in [1.807, 2.05) is 13.8 Å². The topological polar surface area (TPSA) is 94.3 Å². The zero-order chi connectivity index (χ0) is 13.6. The number of anilines is 2. The minimum absolute atomic E-state index is 0.275. The third-order valence-corrected chi connectivity index (χ3v) is 2.44. The highest BCUT2D eigenvalue weighted by Gasteiger charge is 2.16. The van der Waals surface area contributed by atoms with E-state index in [2.05, 4.69) is 20.7 Å². The fraction of sp³-hybridized carbons (Fsp3) is 0.636. The molecule has 0 aliphatic carbocycles. The van der Waals surface area contributed by atoms with Crippen LogP contribution in [0.3, 0.4) is 0 Å². The summed E-state index contributed by atoms with van der Waals surface area (Å²) in [5, 5.41) is 3.18. The largest absolute Gasteiger partial charge is 0.377 e. The molecule has 0 spiro atoms. The van der Waals surface area contributed by atoms with Gasteiger partial charge in [0.25, 0.3) is 0 Å². The van der Waals surface area contributed by atoms with Gasteiger partial charge in [0.05, 0.1) is 5.60 Å². The van der Waals surface area contributed by atoms with Crippen molar-refractivity contribution in [3.63, 3.8) is 0 Å². The molecule has 0 aromatic carbocycles. The number of nitrogen functional groups attached to an aromatic ring is 1. The van der Waals surface area contributed by atoms with Gasteiger partial charge in [-0.3, -0.25) is 0 Å². The maximum Gasteiger partial charge on any atom is 0.158 e. The molecule has 0 amide bonds. The molecule has 1 aromatic rings. The third kappa shape index (κ3) is 4.44. The molecule has 1 rings (SSSR count). The second-order valence-corrected chi connectivity index (χ2v) is 4.45. The van der Waals surface area contributed by atoms with Gasteiger partial charge in [-0.1, -0.05) is 0 Å². The zero-order valence-corrected chi connectivity index (χ0v) is 11.3. The fourth-order valence-electron chi connectivity index (χ4n) is 1.23. The van der Waals surface area contributed by atoms with Crippen LogP contribution in [0.2, 0.25) is 0 Å². The molecular weight excluding hydrogens is 234 g/mol. The molecule has 0 bridgehead atoms. The van der Waals surface area contributed by atoms with E-state index in [0.29, 0.717) is 30.6 Å². The van der Waals surface area contributed by atoms with Gasteiger partial charge in [-0.25, -0.2) is 15.8 Å². The molecule has 0 aliphatic rings. The Bertz CT molecular complexity index is 384. The van der Waals surface area contributed by atoms with E-state index in [1.54, 1.807) is 20.3 Å². The normalized spacial score (nSPS) is 11.4. The lowest BCUT2D eigenvalue weighted by Gasteiger charge is -2.23. The lowest BCUT2D eigenvalue weighted by atomic mass is 10.1. The summed E-state index contributed by atoms with van der Waals surface area (Å²) >= 11 is 0. The van der Waals surface area contributed by atoms with E-state index in [4.69, 9.17) is 15.3 Å². The average molecular weight is 255 g/mol. The molecule has 7 heteroatoms. The van der Waals surface area contributed by atoms with Crippen molar-refractivity contribution >= 4 is 11.6 Å². The Balaban J connectivity index is 2.78. The first-order valence-corrected chi connectivity index (χ1v) is 5.63. The Kier molecular flexibility index (Phi) is 5.26. The first kappa shape index (κ1) is 14.6. The van der Waals surface area contributed by atoms with Gasteiger partial charge in [-0.2, -0.15) is 0 Å². The van der Waals surface area contributed by atoms with Crippen LogP contribution in [-0.4, -0.2) is 36.3 Å². The van der Waals surface area contributed by atoms with Gasteiger partial charge in [0, 0.05) is 26.8 Å². The minimum Gasteiger partial charge on any atom is -0.377 e. The quantitative estimate of drug-likeness (QED) is 0.488. The van der Waals surface area contributed by atoms with Crippen LogP contribution >= 0.6 is 0 Å². The van der Waals surface area contributed by atoms with E-state index in [1.165, 1.54) is 0 Å². The van der Waals surface area contributed by atoms with Gasteiger partial charge in [0.15, 0.2) is 5.82 Å². The van der Waals surface area contributed by atoms with Gasteiger partial charge < -0.3 is 20.2 Å². The van der Waals surface area contributed by atoms with Crippen LogP contribution in [0, 0.1) is 0 Å². The van der Waals surface area contributed by atoms with Gasteiger partial charge >= 0.3 is 0 Å². The number of methoxy groups -OCH3 is 2. The van der Waals surface area contributed by atoms with Crippen LogP contribution in [0.4, 0.5) is 11.6 Å². The van der Waals surface area contributed by atoms with Crippen LogP contribution in [-0.2, 0) is 16.1 Å². The number of hydrogen-bond acceptors (Lipinski definition) is 7. The van der Waals surface area contributed by atoms with Gasteiger partial charge in [0.2, 0.25) is 0 Å². The van der Waals surface area contributed by atoms with Crippen molar-refractivity contribution in [2.45, 2.75) is 26.1 Å².